The van der Waals surface area contributed by atoms with E-state index < -0.39 is 0 Å². The van der Waals surface area contributed by atoms with E-state index in [4.69, 9.17) is 0 Å². The molecule has 0 amide bonds. The lowest BCUT2D eigenvalue weighted by Crippen LogP contribution is -2.07. The van der Waals surface area contributed by atoms with Crippen LogP contribution < -0.4 is 5.32 Å². The summed E-state index contributed by atoms with van der Waals surface area (Å²) >= 11 is 0. The molecule has 0 aliphatic rings. The van der Waals surface area contributed by atoms with Crippen LogP contribution in [-0.2, 0) is 6.42 Å². The summed E-state index contributed by atoms with van der Waals surface area (Å²) in [6.07, 6.45) is 6.59. The van der Waals surface area contributed by atoms with Gasteiger partial charge in [0.15, 0.2) is 0 Å². The number of hydrogen-bond donors (Lipinski definition) is 1. The van der Waals surface area contributed by atoms with Crippen molar-refractivity contribution in [2.75, 3.05) is 13.6 Å². The van der Waals surface area contributed by atoms with Crippen LogP contribution in [0.3, 0.4) is 0 Å². The summed E-state index contributed by atoms with van der Waals surface area (Å²) < 4.78 is 0. The molecule has 17 heavy (non-hydrogen) atoms. The number of unbranched alkanes of at least 4 members (excludes halogenated alkanes) is 3. The van der Waals surface area contributed by atoms with Crippen molar-refractivity contribution < 1.29 is 0 Å². The highest BCUT2D eigenvalue weighted by molar-refractivity contribution is 5.37. The predicted molar refractivity (Wildman–Crippen MR) is 76.8 cm³/mol. The zero-order valence-electron chi connectivity index (χ0n) is 11.9. The Morgan fingerprint density at radius 3 is 2.06 bits per heavy atom. The summed E-state index contributed by atoms with van der Waals surface area (Å²) in [7, 11) is 2.03. The Balaban J connectivity index is 2.36. The van der Waals surface area contributed by atoms with Crippen molar-refractivity contribution in [1.29, 1.82) is 0 Å². The number of nitrogens with one attached hydrogen (secondary N) is 1. The third kappa shape index (κ3) is 4.91. The lowest BCUT2D eigenvalue weighted by molar-refractivity contribution is 0.615. The highest BCUT2D eigenvalue weighted by Gasteiger charge is 2.03. The van der Waals surface area contributed by atoms with Gasteiger partial charge in [-0.25, -0.2) is 0 Å². The van der Waals surface area contributed by atoms with Crippen LogP contribution in [0.2, 0.25) is 0 Å². The Kier molecular flexibility index (Phi) is 6.28. The second-order valence-electron chi connectivity index (χ2n) is 5.15. The summed E-state index contributed by atoms with van der Waals surface area (Å²) in [6, 6.07) is 4.62. The third-order valence-electron chi connectivity index (χ3n) is 3.44. The minimum absolute atomic E-state index is 1.16. The maximum absolute atomic E-state index is 3.20. The highest BCUT2D eigenvalue weighted by Crippen LogP contribution is 2.19. The lowest BCUT2D eigenvalue weighted by atomic mass is 9.95. The number of rotatable bonds is 7. The van der Waals surface area contributed by atoms with Gasteiger partial charge in [-0.05, 0) is 70.3 Å². The first kappa shape index (κ1) is 14.2. The number of aryl methyl sites for hydroxylation is 3. The van der Waals surface area contributed by atoms with Gasteiger partial charge in [0, 0.05) is 0 Å². The van der Waals surface area contributed by atoms with E-state index in [0.29, 0.717) is 0 Å². The van der Waals surface area contributed by atoms with Gasteiger partial charge >= 0.3 is 0 Å². The van der Waals surface area contributed by atoms with Crippen LogP contribution in [-0.4, -0.2) is 13.6 Å². The largest absolute Gasteiger partial charge is 0.320 e. The fourth-order valence-electron chi connectivity index (χ4n) is 2.56. The SMILES string of the molecule is CNCCCCCCc1c(C)cc(C)cc1C. The predicted octanol–water partition coefficient (Wildman–Crippen LogP) is 3.93. The molecule has 96 valence electrons. The van der Waals surface area contributed by atoms with Crippen molar-refractivity contribution in [2.45, 2.75) is 52.9 Å². The first-order valence-corrected chi connectivity index (χ1v) is 6.86. The van der Waals surface area contributed by atoms with Crippen molar-refractivity contribution >= 4 is 0 Å². The van der Waals surface area contributed by atoms with Gasteiger partial charge in [-0.15, -0.1) is 0 Å². The molecule has 0 atom stereocenters. The first-order chi connectivity index (χ1) is 8.15. The van der Waals surface area contributed by atoms with Gasteiger partial charge in [0.1, 0.15) is 0 Å². The zero-order chi connectivity index (χ0) is 12.7. The van der Waals surface area contributed by atoms with Gasteiger partial charge in [-0.1, -0.05) is 30.5 Å². The smallest absolute Gasteiger partial charge is 0.00519 e. The molecule has 0 saturated carbocycles. The maximum atomic E-state index is 3.20. The molecule has 0 aliphatic heterocycles. The van der Waals surface area contributed by atoms with E-state index in [2.05, 4.69) is 38.2 Å². The fourth-order valence-corrected chi connectivity index (χ4v) is 2.56. The lowest BCUT2D eigenvalue weighted by Gasteiger charge is -2.11. The Bertz CT molecular complexity index is 318. The van der Waals surface area contributed by atoms with E-state index in [-0.39, 0.29) is 0 Å². The van der Waals surface area contributed by atoms with Crippen molar-refractivity contribution in [3.05, 3.63) is 34.4 Å². The second kappa shape index (κ2) is 7.50. The van der Waals surface area contributed by atoms with Crippen LogP contribution in [0.1, 0.15) is 47.9 Å². The molecule has 1 aromatic rings. The summed E-state index contributed by atoms with van der Waals surface area (Å²) in [6.45, 7) is 7.83. The molecule has 0 saturated heterocycles. The monoisotopic (exact) mass is 233 g/mol. The summed E-state index contributed by atoms with van der Waals surface area (Å²) in [5.41, 5.74) is 5.90. The average molecular weight is 233 g/mol. The van der Waals surface area contributed by atoms with Crippen molar-refractivity contribution in [3.63, 3.8) is 0 Å². The molecule has 1 rings (SSSR count). The molecule has 1 aromatic carbocycles. The Morgan fingerprint density at radius 1 is 0.882 bits per heavy atom. The summed E-state index contributed by atoms with van der Waals surface area (Å²) in [5, 5.41) is 3.20. The van der Waals surface area contributed by atoms with E-state index >= 15 is 0 Å². The molecule has 0 unspecified atom stereocenters. The summed E-state index contributed by atoms with van der Waals surface area (Å²) in [5.74, 6) is 0. The second-order valence-corrected chi connectivity index (χ2v) is 5.15. The molecule has 1 N–H and O–H groups in total. The van der Waals surface area contributed by atoms with E-state index in [1.54, 1.807) is 5.56 Å². The molecule has 1 heteroatoms. The van der Waals surface area contributed by atoms with Gasteiger partial charge in [0.05, 0.1) is 0 Å². The Morgan fingerprint density at radius 2 is 1.47 bits per heavy atom. The number of hydrogen-bond acceptors (Lipinski definition) is 1. The third-order valence-corrected chi connectivity index (χ3v) is 3.44. The molecular formula is C16H27N. The van der Waals surface area contributed by atoms with Crippen molar-refractivity contribution in [2.24, 2.45) is 0 Å². The van der Waals surface area contributed by atoms with E-state index in [1.165, 1.54) is 48.8 Å². The molecule has 0 aromatic heterocycles. The molecule has 1 nitrogen and oxygen atoms in total. The molecule has 0 heterocycles. The molecule has 0 spiro atoms. The van der Waals surface area contributed by atoms with Gasteiger partial charge in [-0.2, -0.15) is 0 Å². The number of benzene rings is 1. The zero-order valence-corrected chi connectivity index (χ0v) is 11.9. The Labute approximate surface area is 107 Å². The van der Waals surface area contributed by atoms with Gasteiger partial charge in [0.25, 0.3) is 0 Å². The Hall–Kier alpha value is -0.820. The van der Waals surface area contributed by atoms with E-state index in [0.717, 1.165) is 6.54 Å². The normalized spacial score (nSPS) is 10.8. The topological polar surface area (TPSA) is 12.0 Å². The van der Waals surface area contributed by atoms with Crippen molar-refractivity contribution in [1.82, 2.24) is 5.32 Å². The highest BCUT2D eigenvalue weighted by atomic mass is 14.8. The minimum atomic E-state index is 1.16. The molecular weight excluding hydrogens is 206 g/mol. The maximum Gasteiger partial charge on any atom is -0.00519 e. The van der Waals surface area contributed by atoms with Gasteiger partial charge < -0.3 is 5.32 Å². The minimum Gasteiger partial charge on any atom is -0.320 e. The van der Waals surface area contributed by atoms with Crippen molar-refractivity contribution in [3.8, 4) is 0 Å². The van der Waals surface area contributed by atoms with Crippen LogP contribution in [0.4, 0.5) is 0 Å². The standard InChI is InChI=1S/C16H27N/c1-13-11-14(2)16(15(3)12-13)9-7-5-6-8-10-17-4/h11-12,17H,5-10H2,1-4H3. The van der Waals surface area contributed by atoms with Crippen LogP contribution in [0.15, 0.2) is 12.1 Å². The first-order valence-electron chi connectivity index (χ1n) is 6.86. The van der Waals surface area contributed by atoms with Crippen LogP contribution in [0.5, 0.6) is 0 Å². The van der Waals surface area contributed by atoms with Crippen LogP contribution >= 0.6 is 0 Å². The molecule has 0 fully saturated rings. The van der Waals surface area contributed by atoms with Crippen LogP contribution in [0.25, 0.3) is 0 Å². The average Bonchev–Trinajstić information content (AvgIpc) is 2.26. The molecule has 0 radical (unpaired) electrons. The van der Waals surface area contributed by atoms with Gasteiger partial charge in [-0.3, -0.25) is 0 Å². The fraction of sp³-hybridized carbons (Fsp3) is 0.625. The molecule has 0 bridgehead atoms. The van der Waals surface area contributed by atoms with E-state index in [1.807, 2.05) is 7.05 Å². The molecule has 0 aliphatic carbocycles. The van der Waals surface area contributed by atoms with Gasteiger partial charge in [0.2, 0.25) is 0 Å². The van der Waals surface area contributed by atoms with E-state index in [9.17, 15) is 0 Å². The quantitative estimate of drug-likeness (QED) is 0.704. The summed E-state index contributed by atoms with van der Waals surface area (Å²) in [4.78, 5) is 0. The van der Waals surface area contributed by atoms with Crippen LogP contribution in [0, 0.1) is 20.8 Å².